The number of nitrogens with one attached hydrogen (secondary N) is 1. The number of carboxylic acid groups (broad SMARTS) is 1. The number of hydrogen-bond donors (Lipinski definition) is 2. The van der Waals surface area contributed by atoms with Crippen molar-refractivity contribution in [1.82, 2.24) is 9.88 Å². The number of nitro benzene ring substituents is 1. The van der Waals surface area contributed by atoms with E-state index < -0.39 is 40.6 Å². The highest BCUT2D eigenvalue weighted by molar-refractivity contribution is 8.00. The number of nitro groups is 1. The van der Waals surface area contributed by atoms with Crippen LogP contribution >= 0.6 is 23.1 Å². The van der Waals surface area contributed by atoms with E-state index in [-0.39, 0.29) is 51.8 Å². The number of likely N-dealkylation sites (tertiary alicyclic amines) is 1. The van der Waals surface area contributed by atoms with E-state index in [1.807, 2.05) is 19.9 Å². The van der Waals surface area contributed by atoms with Gasteiger partial charge in [-0.05, 0) is 42.1 Å². The molecule has 2 amide bonds. The van der Waals surface area contributed by atoms with Gasteiger partial charge < -0.3 is 10.1 Å². The second-order valence-corrected chi connectivity index (χ2v) is 13.0. The molecule has 8 unspecified atom stereocenters. The van der Waals surface area contributed by atoms with Crippen molar-refractivity contribution in [2.24, 2.45) is 35.5 Å². The first-order valence-electron chi connectivity index (χ1n) is 12.3. The number of thioether (sulfide) groups is 1. The maximum Gasteiger partial charge on any atom is 0.326 e. The molecule has 2 aromatic rings. The van der Waals surface area contributed by atoms with E-state index in [4.69, 9.17) is 0 Å². The maximum atomic E-state index is 13.7. The lowest BCUT2D eigenvalue weighted by atomic mass is 9.68. The van der Waals surface area contributed by atoms with Crippen LogP contribution in [-0.2, 0) is 14.4 Å². The number of rotatable bonds is 6. The Morgan fingerprint density at radius 1 is 1.22 bits per heavy atom. The van der Waals surface area contributed by atoms with E-state index >= 15 is 0 Å². The summed E-state index contributed by atoms with van der Waals surface area (Å²) < 4.78 is 0. The van der Waals surface area contributed by atoms with Gasteiger partial charge in [0.1, 0.15) is 6.04 Å². The standard InChI is InChI=1S/C25H25N3O7S2/c1-9(2)6-14(24(31)32)27-22(29)17-12-8-13(18(17)23(27)30)19-16(12)15(20-21(36-19)26-25(33)37-20)10-4-3-5-11(7-10)28(34)35/h3-5,7,9,12-19H,6,8H2,1-2H3,(H,26,33)(H,31,32). The summed E-state index contributed by atoms with van der Waals surface area (Å²) in [5.74, 6) is -3.94. The van der Waals surface area contributed by atoms with Gasteiger partial charge in [0.15, 0.2) is 0 Å². The monoisotopic (exact) mass is 543 g/mol. The van der Waals surface area contributed by atoms with E-state index in [9.17, 15) is 34.4 Å². The van der Waals surface area contributed by atoms with Gasteiger partial charge in [0.25, 0.3) is 5.69 Å². The van der Waals surface area contributed by atoms with Gasteiger partial charge >= 0.3 is 10.8 Å². The van der Waals surface area contributed by atoms with Crippen LogP contribution in [0, 0.1) is 45.6 Å². The Morgan fingerprint density at radius 2 is 1.92 bits per heavy atom. The number of fused-ring (bicyclic) bond motifs is 9. The number of H-pyrrole nitrogens is 1. The summed E-state index contributed by atoms with van der Waals surface area (Å²) in [6, 6.07) is 5.22. The zero-order valence-corrected chi connectivity index (χ0v) is 21.7. The number of non-ortho nitro benzene ring substituents is 1. The van der Waals surface area contributed by atoms with Crippen LogP contribution in [0.1, 0.15) is 43.0 Å². The minimum absolute atomic E-state index is 0.0111. The molecule has 4 aliphatic rings. The fourth-order valence-electron chi connectivity index (χ4n) is 7.32. The summed E-state index contributed by atoms with van der Waals surface area (Å²) in [4.78, 5) is 67.3. The molecule has 8 atom stereocenters. The number of carbonyl (C=O) groups excluding carboxylic acids is 2. The molecule has 2 bridgehead atoms. The van der Waals surface area contributed by atoms with Crippen LogP contribution in [-0.4, -0.2) is 49.0 Å². The van der Waals surface area contributed by atoms with Crippen LogP contribution in [0.5, 0.6) is 0 Å². The van der Waals surface area contributed by atoms with Crippen molar-refractivity contribution in [1.29, 1.82) is 0 Å². The highest BCUT2D eigenvalue weighted by atomic mass is 32.2. The molecule has 0 spiro atoms. The normalized spacial score (nSPS) is 32.4. The summed E-state index contributed by atoms with van der Waals surface area (Å²) in [5.41, 5.74) is 0.663. The third kappa shape index (κ3) is 3.52. The van der Waals surface area contributed by atoms with Gasteiger partial charge in [-0.3, -0.25) is 29.4 Å². The summed E-state index contributed by atoms with van der Waals surface area (Å²) in [7, 11) is 0. The average molecular weight is 544 g/mol. The first-order chi connectivity index (χ1) is 17.6. The van der Waals surface area contributed by atoms with Crippen molar-refractivity contribution in [2.75, 3.05) is 0 Å². The lowest BCUT2D eigenvalue weighted by Gasteiger charge is -2.43. The molecule has 194 valence electrons. The number of thiazole rings is 1. The number of carbonyl (C=O) groups is 3. The fourth-order valence-corrected chi connectivity index (χ4v) is 10.2. The van der Waals surface area contributed by atoms with Gasteiger partial charge in [-0.25, -0.2) is 4.79 Å². The predicted molar refractivity (Wildman–Crippen MR) is 134 cm³/mol. The molecule has 1 aromatic heterocycles. The number of nitrogens with zero attached hydrogens (tertiary/aromatic N) is 2. The van der Waals surface area contributed by atoms with Crippen molar-refractivity contribution >= 4 is 46.6 Å². The van der Waals surface area contributed by atoms with Crippen LogP contribution in [0.3, 0.4) is 0 Å². The quantitative estimate of drug-likeness (QED) is 0.320. The molecule has 10 nitrogen and oxygen atoms in total. The zero-order valence-electron chi connectivity index (χ0n) is 20.0. The SMILES string of the molecule is CC(C)CC(C(=O)O)N1C(=O)C2C3CC(C2C1=O)C1C(c2cccc([N+](=O)[O-])c2)c2sc(=O)[nH]c2SC31. The Labute approximate surface area is 219 Å². The number of amides is 2. The summed E-state index contributed by atoms with van der Waals surface area (Å²) >= 11 is 2.61. The lowest BCUT2D eigenvalue weighted by Crippen LogP contribution is -2.47. The van der Waals surface area contributed by atoms with Crippen molar-refractivity contribution in [3.8, 4) is 0 Å². The van der Waals surface area contributed by atoms with Crippen LogP contribution < -0.4 is 4.87 Å². The highest BCUT2D eigenvalue weighted by Gasteiger charge is 2.70. The van der Waals surface area contributed by atoms with E-state index in [1.165, 1.54) is 23.9 Å². The Morgan fingerprint density at radius 3 is 2.57 bits per heavy atom. The van der Waals surface area contributed by atoms with Crippen molar-refractivity contribution in [2.45, 2.75) is 48.9 Å². The fraction of sp³-hybridized carbons (Fsp3) is 0.520. The third-order valence-electron chi connectivity index (χ3n) is 8.49. The third-order valence-corrected chi connectivity index (χ3v) is 11.1. The molecule has 3 heterocycles. The van der Waals surface area contributed by atoms with Crippen molar-refractivity contribution < 1.29 is 24.4 Å². The largest absolute Gasteiger partial charge is 0.480 e. The molecular weight excluding hydrogens is 518 g/mol. The number of carboxylic acids is 1. The molecule has 1 aromatic carbocycles. The first kappa shape index (κ1) is 24.4. The smallest absolute Gasteiger partial charge is 0.326 e. The number of hydrogen-bond acceptors (Lipinski definition) is 8. The Bertz CT molecular complexity index is 1400. The second-order valence-electron chi connectivity index (χ2n) is 10.8. The maximum absolute atomic E-state index is 13.7. The van der Waals surface area contributed by atoms with E-state index in [2.05, 4.69) is 4.98 Å². The molecule has 6 rings (SSSR count). The number of imide groups is 1. The van der Waals surface area contributed by atoms with Crippen molar-refractivity contribution in [3.05, 3.63) is 54.5 Å². The molecular formula is C25H25N3O7S2. The average Bonchev–Trinajstić information content (AvgIpc) is 3.56. The predicted octanol–water partition coefficient (Wildman–Crippen LogP) is 3.32. The number of benzene rings is 1. The molecule has 2 saturated carbocycles. The molecule has 2 N–H and O–H groups in total. The van der Waals surface area contributed by atoms with Gasteiger partial charge in [-0.1, -0.05) is 37.3 Å². The summed E-state index contributed by atoms with van der Waals surface area (Å²) in [5, 5.41) is 22.0. The minimum Gasteiger partial charge on any atom is -0.480 e. The van der Waals surface area contributed by atoms with Gasteiger partial charge in [-0.2, -0.15) is 0 Å². The molecule has 37 heavy (non-hydrogen) atoms. The molecule has 2 aliphatic carbocycles. The number of aliphatic carboxylic acids is 1. The lowest BCUT2D eigenvalue weighted by molar-refractivity contribution is -0.384. The number of aromatic amines is 1. The van der Waals surface area contributed by atoms with Gasteiger partial charge in [0, 0.05) is 28.2 Å². The highest BCUT2D eigenvalue weighted by Crippen LogP contribution is 2.68. The van der Waals surface area contributed by atoms with E-state index in [1.54, 1.807) is 6.07 Å². The number of aromatic nitrogens is 1. The molecule has 3 fully saturated rings. The van der Waals surface area contributed by atoms with Gasteiger partial charge in [-0.15, -0.1) is 11.8 Å². The molecule has 0 radical (unpaired) electrons. The molecule has 12 heteroatoms. The summed E-state index contributed by atoms with van der Waals surface area (Å²) in [6.07, 6.45) is 0.855. The van der Waals surface area contributed by atoms with E-state index in [0.29, 0.717) is 17.0 Å². The molecule has 2 aliphatic heterocycles. The first-order valence-corrected chi connectivity index (χ1v) is 14.0. The van der Waals surface area contributed by atoms with Gasteiger partial charge in [0.2, 0.25) is 11.8 Å². The Balaban J connectivity index is 1.43. The van der Waals surface area contributed by atoms with Crippen LogP contribution in [0.25, 0.3) is 0 Å². The van der Waals surface area contributed by atoms with Crippen LogP contribution in [0.15, 0.2) is 34.1 Å². The van der Waals surface area contributed by atoms with Gasteiger partial charge in [0.05, 0.1) is 21.8 Å². The van der Waals surface area contributed by atoms with Crippen molar-refractivity contribution in [3.63, 3.8) is 0 Å². The van der Waals surface area contributed by atoms with Crippen LogP contribution in [0.4, 0.5) is 5.69 Å². The molecule has 1 saturated heterocycles. The minimum atomic E-state index is -1.19. The Kier molecular flexibility index (Phi) is 5.61. The Hall–Kier alpha value is -2.99. The van der Waals surface area contributed by atoms with E-state index in [0.717, 1.165) is 21.1 Å². The zero-order chi connectivity index (χ0) is 26.3. The van der Waals surface area contributed by atoms with Crippen LogP contribution in [0.2, 0.25) is 0 Å². The second kappa shape index (κ2) is 8.52. The topological polar surface area (TPSA) is 151 Å². The summed E-state index contributed by atoms with van der Waals surface area (Å²) in [6.45, 7) is 3.72.